The van der Waals surface area contributed by atoms with Crippen molar-refractivity contribution in [2.75, 3.05) is 7.11 Å². The Balaban J connectivity index is 2.80. The molecule has 2 aromatic heterocycles. The summed E-state index contributed by atoms with van der Waals surface area (Å²) >= 11 is 3.37. The maximum Gasteiger partial charge on any atom is 0.356 e. The van der Waals surface area contributed by atoms with Gasteiger partial charge in [0.15, 0.2) is 5.69 Å². The fourth-order valence-corrected chi connectivity index (χ4v) is 2.38. The molecule has 2 rings (SSSR count). The van der Waals surface area contributed by atoms with Gasteiger partial charge in [-0.05, 0) is 28.9 Å². The van der Waals surface area contributed by atoms with Crippen molar-refractivity contribution in [1.82, 2.24) is 9.55 Å². The first-order chi connectivity index (χ1) is 8.62. The van der Waals surface area contributed by atoms with Crippen molar-refractivity contribution < 1.29 is 9.53 Å². The van der Waals surface area contributed by atoms with E-state index in [9.17, 15) is 4.79 Å². The quantitative estimate of drug-likeness (QED) is 0.799. The molecule has 0 saturated carbocycles. The Bertz CT molecular complexity index is 670. The summed E-state index contributed by atoms with van der Waals surface area (Å²) in [6.45, 7) is 2.61. The fraction of sp³-hybridized carbons (Fsp3) is 0.250. The molecule has 0 aliphatic heterocycles. The summed E-state index contributed by atoms with van der Waals surface area (Å²) in [5.41, 5.74) is 1.35. The molecular formula is C12H10BrN3O2. The van der Waals surface area contributed by atoms with E-state index in [1.165, 1.54) is 7.11 Å². The average Bonchev–Trinajstić information content (AvgIpc) is 2.76. The zero-order valence-electron chi connectivity index (χ0n) is 9.90. The zero-order valence-corrected chi connectivity index (χ0v) is 11.5. The zero-order chi connectivity index (χ0) is 13.3. The van der Waals surface area contributed by atoms with Gasteiger partial charge >= 0.3 is 5.97 Å². The molecule has 0 radical (unpaired) electrons. The molecular weight excluding hydrogens is 298 g/mol. The third kappa shape index (κ3) is 1.87. The van der Waals surface area contributed by atoms with Crippen LogP contribution >= 0.6 is 15.9 Å². The number of hydrogen-bond donors (Lipinski definition) is 0. The predicted octanol–water partition coefficient (Wildman–Crippen LogP) is 2.48. The number of carbonyl (C=O) groups is 1. The minimum Gasteiger partial charge on any atom is -0.464 e. The first-order valence-corrected chi connectivity index (χ1v) is 6.09. The van der Waals surface area contributed by atoms with Crippen molar-refractivity contribution in [2.45, 2.75) is 13.5 Å². The van der Waals surface area contributed by atoms with Gasteiger partial charge in [0, 0.05) is 17.2 Å². The summed E-state index contributed by atoms with van der Waals surface area (Å²) in [5.74, 6) is -0.500. The van der Waals surface area contributed by atoms with E-state index >= 15 is 0 Å². The smallest absolute Gasteiger partial charge is 0.356 e. The van der Waals surface area contributed by atoms with Crippen LogP contribution in [-0.4, -0.2) is 22.6 Å². The highest BCUT2D eigenvalue weighted by atomic mass is 79.9. The molecule has 92 valence electrons. The van der Waals surface area contributed by atoms with Gasteiger partial charge in [-0.25, -0.2) is 9.78 Å². The SMILES string of the molecule is CCn1cc(C#N)c2c(Br)cc(C(=O)OC)nc21. The minimum absolute atomic E-state index is 0.217. The number of rotatable bonds is 2. The van der Waals surface area contributed by atoms with Crippen LogP contribution in [0.2, 0.25) is 0 Å². The number of aryl methyl sites for hydroxylation is 1. The molecule has 2 heterocycles. The van der Waals surface area contributed by atoms with Gasteiger partial charge in [0.1, 0.15) is 11.7 Å². The monoisotopic (exact) mass is 307 g/mol. The Morgan fingerprint density at radius 2 is 2.39 bits per heavy atom. The van der Waals surface area contributed by atoms with E-state index in [0.717, 1.165) is 0 Å². The lowest BCUT2D eigenvalue weighted by molar-refractivity contribution is 0.0594. The van der Waals surface area contributed by atoms with Crippen LogP contribution in [0.1, 0.15) is 23.0 Å². The van der Waals surface area contributed by atoms with Crippen molar-refractivity contribution in [3.63, 3.8) is 0 Å². The Morgan fingerprint density at radius 1 is 1.67 bits per heavy atom. The molecule has 0 aromatic carbocycles. The van der Waals surface area contributed by atoms with Crippen LogP contribution in [0, 0.1) is 11.3 Å². The van der Waals surface area contributed by atoms with E-state index in [2.05, 4.69) is 31.7 Å². The highest BCUT2D eigenvalue weighted by molar-refractivity contribution is 9.10. The second kappa shape index (κ2) is 4.78. The number of pyridine rings is 1. The third-order valence-corrected chi connectivity index (χ3v) is 3.26. The second-order valence-corrected chi connectivity index (χ2v) is 4.47. The standard InChI is InChI=1S/C12H10BrN3O2/c1-3-16-6-7(5-14)10-8(13)4-9(12(17)18-2)15-11(10)16/h4,6H,3H2,1-2H3. The number of esters is 1. The third-order valence-electron chi connectivity index (χ3n) is 2.63. The summed E-state index contributed by atoms with van der Waals surface area (Å²) in [6.07, 6.45) is 1.73. The van der Waals surface area contributed by atoms with Crippen molar-refractivity contribution in [3.05, 3.63) is 28.0 Å². The van der Waals surface area contributed by atoms with E-state index in [1.807, 2.05) is 11.5 Å². The number of halogens is 1. The lowest BCUT2D eigenvalue weighted by Gasteiger charge is -2.03. The molecule has 0 amide bonds. The number of fused-ring (bicyclic) bond motifs is 1. The van der Waals surface area contributed by atoms with Gasteiger partial charge < -0.3 is 9.30 Å². The highest BCUT2D eigenvalue weighted by Crippen LogP contribution is 2.28. The molecule has 0 saturated heterocycles. The van der Waals surface area contributed by atoms with Crippen LogP contribution in [0.25, 0.3) is 11.0 Å². The van der Waals surface area contributed by atoms with Gasteiger partial charge in [0.05, 0.1) is 18.1 Å². The molecule has 5 nitrogen and oxygen atoms in total. The molecule has 0 spiro atoms. The van der Waals surface area contributed by atoms with E-state index in [0.29, 0.717) is 27.6 Å². The van der Waals surface area contributed by atoms with Gasteiger partial charge in [0.2, 0.25) is 0 Å². The Morgan fingerprint density at radius 3 is 2.94 bits per heavy atom. The van der Waals surface area contributed by atoms with E-state index < -0.39 is 5.97 Å². The van der Waals surface area contributed by atoms with Crippen molar-refractivity contribution in [1.29, 1.82) is 5.26 Å². The fourth-order valence-electron chi connectivity index (χ4n) is 1.77. The predicted molar refractivity (Wildman–Crippen MR) is 69.2 cm³/mol. The normalized spacial score (nSPS) is 10.3. The lowest BCUT2D eigenvalue weighted by Crippen LogP contribution is -2.05. The first-order valence-electron chi connectivity index (χ1n) is 5.30. The molecule has 6 heteroatoms. The molecule has 0 bridgehead atoms. The number of nitriles is 1. The molecule has 2 aromatic rings. The molecule has 0 fully saturated rings. The number of aromatic nitrogens is 2. The van der Waals surface area contributed by atoms with E-state index in [1.54, 1.807) is 12.3 Å². The van der Waals surface area contributed by atoms with Crippen molar-refractivity contribution in [3.8, 4) is 6.07 Å². The Labute approximate surface area is 112 Å². The molecule has 0 aliphatic rings. The molecule has 0 N–H and O–H groups in total. The van der Waals surface area contributed by atoms with Crippen LogP contribution in [0.5, 0.6) is 0 Å². The number of ether oxygens (including phenoxy) is 1. The summed E-state index contributed by atoms with van der Waals surface area (Å²) in [4.78, 5) is 15.8. The molecule has 18 heavy (non-hydrogen) atoms. The number of hydrogen-bond acceptors (Lipinski definition) is 4. The van der Waals surface area contributed by atoms with Crippen LogP contribution < -0.4 is 0 Å². The van der Waals surface area contributed by atoms with Crippen molar-refractivity contribution >= 4 is 32.9 Å². The van der Waals surface area contributed by atoms with E-state index in [4.69, 9.17) is 5.26 Å². The molecule has 0 unspecified atom stereocenters. The number of nitrogens with zero attached hydrogens (tertiary/aromatic N) is 3. The van der Waals surface area contributed by atoms with Crippen LogP contribution in [0.4, 0.5) is 0 Å². The van der Waals surface area contributed by atoms with Crippen LogP contribution in [0.15, 0.2) is 16.7 Å². The van der Waals surface area contributed by atoms with Crippen molar-refractivity contribution in [2.24, 2.45) is 0 Å². The second-order valence-electron chi connectivity index (χ2n) is 3.62. The number of methoxy groups -OCH3 is 1. The minimum atomic E-state index is -0.500. The molecule has 0 aliphatic carbocycles. The molecule has 0 atom stereocenters. The van der Waals surface area contributed by atoms with Gasteiger partial charge in [-0.2, -0.15) is 5.26 Å². The van der Waals surface area contributed by atoms with E-state index in [-0.39, 0.29) is 5.69 Å². The number of carbonyl (C=O) groups excluding carboxylic acids is 1. The summed E-state index contributed by atoms with van der Waals surface area (Å²) in [7, 11) is 1.31. The summed E-state index contributed by atoms with van der Waals surface area (Å²) in [6, 6.07) is 3.69. The largest absolute Gasteiger partial charge is 0.464 e. The summed E-state index contributed by atoms with van der Waals surface area (Å²) in [5, 5.41) is 9.80. The average molecular weight is 308 g/mol. The van der Waals surface area contributed by atoms with Crippen LogP contribution in [-0.2, 0) is 11.3 Å². The highest BCUT2D eigenvalue weighted by Gasteiger charge is 2.17. The maximum atomic E-state index is 11.5. The first kappa shape index (κ1) is 12.6. The van der Waals surface area contributed by atoms with Crippen LogP contribution in [0.3, 0.4) is 0 Å². The summed E-state index contributed by atoms with van der Waals surface area (Å²) < 4.78 is 7.14. The Hall–Kier alpha value is -1.87. The topological polar surface area (TPSA) is 67.9 Å². The maximum absolute atomic E-state index is 11.5. The van der Waals surface area contributed by atoms with Gasteiger partial charge in [-0.1, -0.05) is 0 Å². The lowest BCUT2D eigenvalue weighted by atomic mass is 10.2. The van der Waals surface area contributed by atoms with Gasteiger partial charge in [-0.3, -0.25) is 0 Å². The Kier molecular flexibility index (Phi) is 3.34. The van der Waals surface area contributed by atoms with Gasteiger partial charge in [-0.15, -0.1) is 0 Å². The van der Waals surface area contributed by atoms with Gasteiger partial charge in [0.25, 0.3) is 0 Å².